The quantitative estimate of drug-likeness (QED) is 0.561. The number of hydrogen-bond donors (Lipinski definition) is 0. The van der Waals surface area contributed by atoms with E-state index in [9.17, 15) is 0 Å². The molecule has 0 atom stereocenters. The molecule has 2 nitrogen and oxygen atoms in total. The predicted octanol–water partition coefficient (Wildman–Crippen LogP) is 1.03. The number of rotatable bonds is 3. The summed E-state index contributed by atoms with van der Waals surface area (Å²) in [5, 5.41) is 2.07. The van der Waals surface area contributed by atoms with Gasteiger partial charge in [-0.05, 0) is 25.2 Å². The van der Waals surface area contributed by atoms with Crippen LogP contribution in [0.2, 0.25) is 0 Å². The van der Waals surface area contributed by atoms with Crippen LogP contribution in [0.1, 0.15) is 19.3 Å². The van der Waals surface area contributed by atoms with Gasteiger partial charge in [0.1, 0.15) is 0 Å². The van der Waals surface area contributed by atoms with Crippen LogP contribution in [-0.4, -0.2) is 24.8 Å². The van der Waals surface area contributed by atoms with Crippen molar-refractivity contribution in [2.45, 2.75) is 19.3 Å². The van der Waals surface area contributed by atoms with E-state index in [0.29, 0.717) is 0 Å². The van der Waals surface area contributed by atoms with Gasteiger partial charge in [0.2, 0.25) is 0 Å². The van der Waals surface area contributed by atoms with E-state index < -0.39 is 0 Å². The molecule has 52 valence electrons. The third kappa shape index (κ3) is 1.43. The molecular weight excluding hydrogens is 114 g/mol. The van der Waals surface area contributed by atoms with Crippen LogP contribution in [0.5, 0.6) is 0 Å². The normalized spacial score (nSPS) is 28.0. The Balaban J connectivity index is 1.55. The molecule has 2 rings (SSSR count). The Hall–Kier alpha value is -0.0800. The van der Waals surface area contributed by atoms with E-state index in [1.807, 2.05) is 0 Å². The van der Waals surface area contributed by atoms with Gasteiger partial charge in [-0.2, -0.15) is 5.06 Å². The number of hydroxylamine groups is 2. The molecule has 9 heavy (non-hydrogen) atoms. The van der Waals surface area contributed by atoms with Gasteiger partial charge in [0.05, 0.1) is 6.61 Å². The maximum Gasteiger partial charge on any atom is 0.0713 e. The highest BCUT2D eigenvalue weighted by Gasteiger charge is 2.24. The lowest BCUT2D eigenvalue weighted by Crippen LogP contribution is -2.37. The van der Waals surface area contributed by atoms with Gasteiger partial charge in [-0.15, -0.1) is 0 Å². The van der Waals surface area contributed by atoms with Crippen LogP contribution >= 0.6 is 0 Å². The summed E-state index contributed by atoms with van der Waals surface area (Å²) in [6.45, 7) is 3.30. The van der Waals surface area contributed by atoms with E-state index in [4.69, 9.17) is 4.84 Å². The first-order valence-corrected chi connectivity index (χ1v) is 3.83. The van der Waals surface area contributed by atoms with Gasteiger partial charge >= 0.3 is 0 Å². The lowest BCUT2D eigenvalue weighted by molar-refractivity contribution is -0.199. The average molecular weight is 127 g/mol. The van der Waals surface area contributed by atoms with Gasteiger partial charge in [-0.1, -0.05) is 0 Å². The molecule has 1 aliphatic heterocycles. The zero-order chi connectivity index (χ0) is 6.10. The summed E-state index contributed by atoms with van der Waals surface area (Å²) < 4.78 is 0. The van der Waals surface area contributed by atoms with E-state index in [1.165, 1.54) is 19.3 Å². The lowest BCUT2D eigenvalue weighted by atomic mass is 10.3. The summed E-state index contributed by atoms with van der Waals surface area (Å²) in [6.07, 6.45) is 4.12. The second-order valence-corrected chi connectivity index (χ2v) is 3.02. The smallest absolute Gasteiger partial charge is 0.0713 e. The van der Waals surface area contributed by atoms with Crippen LogP contribution in [-0.2, 0) is 4.84 Å². The van der Waals surface area contributed by atoms with Gasteiger partial charge in [0.25, 0.3) is 0 Å². The van der Waals surface area contributed by atoms with Crippen molar-refractivity contribution in [3.63, 3.8) is 0 Å². The van der Waals surface area contributed by atoms with Crippen molar-refractivity contribution in [3.05, 3.63) is 0 Å². The maximum absolute atomic E-state index is 5.44. The Morgan fingerprint density at radius 2 is 2.11 bits per heavy atom. The molecule has 0 aromatic carbocycles. The van der Waals surface area contributed by atoms with E-state index >= 15 is 0 Å². The molecule has 0 unspecified atom stereocenters. The zero-order valence-corrected chi connectivity index (χ0v) is 5.68. The molecule has 0 aromatic heterocycles. The highest BCUT2D eigenvalue weighted by atomic mass is 16.7. The Bertz CT molecular complexity index is 97.1. The van der Waals surface area contributed by atoms with Crippen molar-refractivity contribution < 1.29 is 4.84 Å². The van der Waals surface area contributed by atoms with Gasteiger partial charge in [-0.3, -0.25) is 4.84 Å². The molecule has 1 heterocycles. The first kappa shape index (κ1) is 5.69. The van der Waals surface area contributed by atoms with Crippen molar-refractivity contribution in [1.29, 1.82) is 0 Å². The maximum atomic E-state index is 5.44. The molecule has 1 saturated heterocycles. The van der Waals surface area contributed by atoms with Gasteiger partial charge in [0.15, 0.2) is 0 Å². The van der Waals surface area contributed by atoms with Crippen molar-refractivity contribution in [3.8, 4) is 0 Å². The molecule has 0 bridgehead atoms. The first-order valence-electron chi connectivity index (χ1n) is 3.83. The SMILES string of the molecule is C1CN(OCC2CC2)C1. The molecular formula is C7H13NO. The summed E-state index contributed by atoms with van der Waals surface area (Å²) in [5.74, 6) is 0.908. The third-order valence-electron chi connectivity index (χ3n) is 2.00. The molecule has 0 N–H and O–H groups in total. The molecule has 1 aliphatic carbocycles. The van der Waals surface area contributed by atoms with Crippen LogP contribution in [0, 0.1) is 5.92 Å². The van der Waals surface area contributed by atoms with E-state index in [1.54, 1.807) is 0 Å². The highest BCUT2D eigenvalue weighted by Crippen LogP contribution is 2.29. The van der Waals surface area contributed by atoms with Crippen molar-refractivity contribution in [2.24, 2.45) is 5.92 Å². The van der Waals surface area contributed by atoms with Crippen LogP contribution in [0.15, 0.2) is 0 Å². The topological polar surface area (TPSA) is 12.5 Å². The second-order valence-electron chi connectivity index (χ2n) is 3.02. The Morgan fingerprint density at radius 3 is 2.56 bits per heavy atom. The van der Waals surface area contributed by atoms with Crippen molar-refractivity contribution in [1.82, 2.24) is 5.06 Å². The fourth-order valence-corrected chi connectivity index (χ4v) is 0.912. The van der Waals surface area contributed by atoms with Crippen LogP contribution in [0.4, 0.5) is 0 Å². The fourth-order valence-electron chi connectivity index (χ4n) is 0.912. The largest absolute Gasteiger partial charge is 0.299 e. The molecule has 0 radical (unpaired) electrons. The third-order valence-corrected chi connectivity index (χ3v) is 2.00. The molecule has 1 saturated carbocycles. The van der Waals surface area contributed by atoms with E-state index in [2.05, 4.69) is 5.06 Å². The average Bonchev–Trinajstić information content (AvgIpc) is 2.44. The lowest BCUT2D eigenvalue weighted by Gasteiger charge is -2.29. The fraction of sp³-hybridized carbons (Fsp3) is 1.00. The van der Waals surface area contributed by atoms with Crippen LogP contribution in [0.3, 0.4) is 0 Å². The summed E-state index contributed by atoms with van der Waals surface area (Å²) in [4.78, 5) is 5.44. The monoisotopic (exact) mass is 127 g/mol. The number of hydrogen-bond acceptors (Lipinski definition) is 2. The Morgan fingerprint density at radius 1 is 1.33 bits per heavy atom. The van der Waals surface area contributed by atoms with Gasteiger partial charge in [0, 0.05) is 13.1 Å². The summed E-state index contributed by atoms with van der Waals surface area (Å²) in [6, 6.07) is 0. The minimum Gasteiger partial charge on any atom is -0.299 e. The number of nitrogens with zero attached hydrogens (tertiary/aromatic N) is 1. The highest BCUT2D eigenvalue weighted by molar-refractivity contribution is 4.72. The van der Waals surface area contributed by atoms with E-state index in [0.717, 1.165) is 25.6 Å². The van der Waals surface area contributed by atoms with E-state index in [-0.39, 0.29) is 0 Å². The van der Waals surface area contributed by atoms with Gasteiger partial charge < -0.3 is 0 Å². The molecule has 0 amide bonds. The van der Waals surface area contributed by atoms with Crippen LogP contribution < -0.4 is 0 Å². The summed E-state index contributed by atoms with van der Waals surface area (Å²) in [7, 11) is 0. The zero-order valence-electron chi connectivity index (χ0n) is 5.68. The second kappa shape index (κ2) is 2.27. The van der Waals surface area contributed by atoms with Crippen molar-refractivity contribution in [2.75, 3.05) is 19.7 Å². The minimum absolute atomic E-state index is 0.908. The predicted molar refractivity (Wildman–Crippen MR) is 34.9 cm³/mol. The molecule has 2 fully saturated rings. The molecule has 0 aromatic rings. The molecule has 2 aliphatic rings. The molecule has 0 spiro atoms. The standard InChI is InChI=1S/C7H13NO/c1-4-8(5-1)9-6-7-2-3-7/h7H,1-6H2. The van der Waals surface area contributed by atoms with Crippen LogP contribution in [0.25, 0.3) is 0 Å². The summed E-state index contributed by atoms with van der Waals surface area (Å²) in [5.41, 5.74) is 0. The van der Waals surface area contributed by atoms with Gasteiger partial charge in [-0.25, -0.2) is 0 Å². The van der Waals surface area contributed by atoms with Crippen molar-refractivity contribution >= 4 is 0 Å². The minimum atomic E-state index is 0.908. The first-order chi connectivity index (χ1) is 4.45. The Labute approximate surface area is 55.7 Å². The summed E-state index contributed by atoms with van der Waals surface area (Å²) >= 11 is 0. The molecule has 2 heteroatoms. The Kier molecular flexibility index (Phi) is 1.44.